The molecule has 27 heavy (non-hydrogen) atoms. The summed E-state index contributed by atoms with van der Waals surface area (Å²) in [4.78, 5) is 20.1. The van der Waals surface area contributed by atoms with Gasteiger partial charge in [0.05, 0.1) is 18.1 Å². The van der Waals surface area contributed by atoms with Gasteiger partial charge in [-0.05, 0) is 31.8 Å². The van der Waals surface area contributed by atoms with Crippen LogP contribution in [0.15, 0.2) is 18.5 Å². The van der Waals surface area contributed by atoms with Crippen molar-refractivity contribution in [3.8, 4) is 6.07 Å². The first-order chi connectivity index (χ1) is 13.2. The molecule has 1 saturated heterocycles. The minimum atomic E-state index is -0.309. The normalized spacial score (nSPS) is 16.2. The van der Waals surface area contributed by atoms with E-state index in [4.69, 9.17) is 5.26 Å². The summed E-state index contributed by atoms with van der Waals surface area (Å²) >= 11 is 0. The van der Waals surface area contributed by atoms with Crippen LogP contribution in [0.5, 0.6) is 0 Å². The van der Waals surface area contributed by atoms with E-state index in [0.717, 1.165) is 32.5 Å². The Morgan fingerprint density at radius 1 is 1.33 bits per heavy atom. The molecule has 2 aromatic heterocycles. The van der Waals surface area contributed by atoms with Crippen LogP contribution in [-0.2, 0) is 0 Å². The molecule has 3 rings (SSSR count). The number of nitrogens with one attached hydrogen (secondary N) is 4. The Kier molecular flexibility index (Phi) is 6.06. The van der Waals surface area contributed by atoms with E-state index < -0.39 is 0 Å². The zero-order valence-corrected chi connectivity index (χ0v) is 15.0. The average Bonchev–Trinajstić information content (AvgIpc) is 2.73. The molecule has 4 N–H and O–H groups in total. The molecule has 1 fully saturated rings. The van der Waals surface area contributed by atoms with E-state index in [1.807, 2.05) is 6.07 Å². The molecule has 0 unspecified atom stereocenters. The van der Waals surface area contributed by atoms with Crippen LogP contribution in [0.25, 0.3) is 0 Å². The van der Waals surface area contributed by atoms with Crippen molar-refractivity contribution in [3.05, 3.63) is 29.8 Å². The van der Waals surface area contributed by atoms with E-state index in [1.165, 1.54) is 12.4 Å². The molecule has 1 atom stereocenters. The van der Waals surface area contributed by atoms with Crippen molar-refractivity contribution in [1.82, 2.24) is 30.8 Å². The molecule has 0 bridgehead atoms. The maximum atomic E-state index is 12.1. The van der Waals surface area contributed by atoms with Crippen molar-refractivity contribution in [2.24, 2.45) is 5.92 Å². The second-order valence-electron chi connectivity index (χ2n) is 6.19. The number of piperidine rings is 1. The monoisotopic (exact) mass is 367 g/mol. The molecular weight excluding hydrogens is 346 g/mol. The van der Waals surface area contributed by atoms with Crippen LogP contribution in [0, 0.1) is 17.2 Å². The van der Waals surface area contributed by atoms with Gasteiger partial charge in [-0.15, -0.1) is 10.2 Å². The summed E-state index contributed by atoms with van der Waals surface area (Å²) in [5.74, 6) is 1.03. The fourth-order valence-corrected chi connectivity index (χ4v) is 2.81. The van der Waals surface area contributed by atoms with Gasteiger partial charge in [0.2, 0.25) is 0 Å². The van der Waals surface area contributed by atoms with Crippen LogP contribution in [0.1, 0.15) is 29.0 Å². The first-order valence-electron chi connectivity index (χ1n) is 8.73. The molecule has 10 nitrogen and oxygen atoms in total. The zero-order chi connectivity index (χ0) is 19.1. The van der Waals surface area contributed by atoms with Crippen molar-refractivity contribution in [1.29, 1.82) is 5.26 Å². The Hall–Kier alpha value is -3.32. The predicted molar refractivity (Wildman–Crippen MR) is 99.5 cm³/mol. The Morgan fingerprint density at radius 3 is 2.89 bits per heavy atom. The van der Waals surface area contributed by atoms with Crippen molar-refractivity contribution < 1.29 is 4.79 Å². The number of hydrogen-bond acceptors (Lipinski definition) is 9. The van der Waals surface area contributed by atoms with E-state index in [9.17, 15) is 4.79 Å². The largest absolute Gasteiger partial charge is 0.383 e. The summed E-state index contributed by atoms with van der Waals surface area (Å²) < 4.78 is 0. The van der Waals surface area contributed by atoms with Crippen LogP contribution < -0.4 is 21.3 Å². The van der Waals surface area contributed by atoms with Crippen LogP contribution >= 0.6 is 0 Å². The molecular formula is C17H21N9O. The Bertz CT molecular complexity index is 825. The van der Waals surface area contributed by atoms with Gasteiger partial charge in [-0.2, -0.15) is 5.26 Å². The Balaban J connectivity index is 1.76. The lowest BCUT2D eigenvalue weighted by Gasteiger charge is -2.23. The van der Waals surface area contributed by atoms with Crippen LogP contribution in [-0.4, -0.2) is 52.8 Å². The van der Waals surface area contributed by atoms with Crippen LogP contribution in [0.4, 0.5) is 17.3 Å². The van der Waals surface area contributed by atoms with Crippen molar-refractivity contribution >= 4 is 23.2 Å². The number of amides is 1. The molecule has 0 spiro atoms. The number of carbonyl (C=O) groups is 1. The molecule has 0 radical (unpaired) electrons. The Labute approximate surface area is 156 Å². The summed E-state index contributed by atoms with van der Waals surface area (Å²) in [6.07, 6.45) is 5.09. The fourth-order valence-electron chi connectivity index (χ4n) is 2.81. The van der Waals surface area contributed by atoms with Crippen LogP contribution in [0.2, 0.25) is 0 Å². The number of nitrogens with zero attached hydrogens (tertiary/aromatic N) is 5. The minimum absolute atomic E-state index is 0.227. The molecule has 2 aromatic rings. The van der Waals surface area contributed by atoms with E-state index in [-0.39, 0.29) is 17.3 Å². The van der Waals surface area contributed by atoms with Crippen molar-refractivity contribution in [2.45, 2.75) is 12.8 Å². The second-order valence-corrected chi connectivity index (χ2v) is 6.19. The maximum absolute atomic E-state index is 12.1. The predicted octanol–water partition coefficient (Wildman–Crippen LogP) is 0.653. The van der Waals surface area contributed by atoms with E-state index in [0.29, 0.717) is 23.2 Å². The SMILES string of the molecule is CNC(=O)c1nnc(Nc2cnc(C#N)cn2)cc1NC[C@@H]1CCCNC1. The molecule has 3 heterocycles. The van der Waals surface area contributed by atoms with Crippen molar-refractivity contribution in [3.63, 3.8) is 0 Å². The zero-order valence-electron chi connectivity index (χ0n) is 15.0. The highest BCUT2D eigenvalue weighted by molar-refractivity contribution is 5.97. The fraction of sp³-hybridized carbons (Fsp3) is 0.412. The molecule has 10 heteroatoms. The van der Waals surface area contributed by atoms with Gasteiger partial charge in [0.25, 0.3) is 5.91 Å². The standard InChI is InChI=1S/C17H21N9O/c1-19-17(27)16-13(22-8-11-3-2-4-20-7-11)5-14(25-26-16)24-15-10-21-12(6-18)9-23-15/h5,9-11,20H,2-4,7-8H2,1H3,(H,19,27)(H2,22,23,24,25)/t11-/m1/s1. The second kappa shape index (κ2) is 8.86. The van der Waals surface area contributed by atoms with E-state index >= 15 is 0 Å². The highest BCUT2D eigenvalue weighted by Gasteiger charge is 2.17. The molecule has 0 aromatic carbocycles. The first kappa shape index (κ1) is 18.5. The lowest BCUT2D eigenvalue weighted by Crippen LogP contribution is -2.34. The number of hydrogen-bond donors (Lipinski definition) is 4. The Morgan fingerprint density at radius 2 is 2.22 bits per heavy atom. The van der Waals surface area contributed by atoms with Gasteiger partial charge < -0.3 is 21.3 Å². The summed E-state index contributed by atoms with van der Waals surface area (Å²) in [7, 11) is 1.55. The summed E-state index contributed by atoms with van der Waals surface area (Å²) in [5, 5.41) is 29.1. The van der Waals surface area contributed by atoms with Gasteiger partial charge in [-0.1, -0.05) is 0 Å². The van der Waals surface area contributed by atoms with Gasteiger partial charge in [0.1, 0.15) is 11.9 Å². The molecule has 1 amide bonds. The third kappa shape index (κ3) is 4.86. The van der Waals surface area contributed by atoms with Gasteiger partial charge >= 0.3 is 0 Å². The number of nitriles is 1. The topological polar surface area (TPSA) is 141 Å². The van der Waals surface area contributed by atoms with Crippen molar-refractivity contribution in [2.75, 3.05) is 37.3 Å². The number of rotatable bonds is 6. The first-order valence-corrected chi connectivity index (χ1v) is 8.73. The maximum Gasteiger partial charge on any atom is 0.273 e. The summed E-state index contributed by atoms with van der Waals surface area (Å²) in [5.41, 5.74) is 1.06. The van der Waals surface area contributed by atoms with Gasteiger partial charge in [-0.25, -0.2) is 9.97 Å². The smallest absolute Gasteiger partial charge is 0.273 e. The quantitative estimate of drug-likeness (QED) is 0.579. The van der Waals surface area contributed by atoms with Gasteiger partial charge in [0.15, 0.2) is 17.2 Å². The highest BCUT2D eigenvalue weighted by Crippen LogP contribution is 2.20. The van der Waals surface area contributed by atoms with Gasteiger partial charge in [0, 0.05) is 19.7 Å². The molecule has 1 aliphatic rings. The van der Waals surface area contributed by atoms with E-state index in [2.05, 4.69) is 41.4 Å². The number of carbonyl (C=O) groups excluding carboxylic acids is 1. The molecule has 140 valence electrons. The molecule has 0 aliphatic carbocycles. The summed E-state index contributed by atoms with van der Waals surface area (Å²) in [6, 6.07) is 3.63. The number of anilines is 3. The lowest BCUT2D eigenvalue weighted by molar-refractivity contribution is 0.0958. The summed E-state index contributed by atoms with van der Waals surface area (Å²) in [6.45, 7) is 2.74. The van der Waals surface area contributed by atoms with Gasteiger partial charge in [-0.3, -0.25) is 4.79 Å². The third-order valence-corrected chi connectivity index (χ3v) is 4.24. The minimum Gasteiger partial charge on any atom is -0.383 e. The van der Waals surface area contributed by atoms with Crippen LogP contribution in [0.3, 0.4) is 0 Å². The van der Waals surface area contributed by atoms with E-state index in [1.54, 1.807) is 13.1 Å². The molecule has 0 saturated carbocycles. The lowest BCUT2D eigenvalue weighted by atomic mass is 9.99. The highest BCUT2D eigenvalue weighted by atomic mass is 16.1. The average molecular weight is 367 g/mol. The molecule has 1 aliphatic heterocycles. The third-order valence-electron chi connectivity index (χ3n) is 4.24. The number of aromatic nitrogens is 4.